The number of benzene rings is 1. The largest absolute Gasteiger partial charge is 0.395 e. The maximum atomic E-state index is 12.1. The molecule has 1 amide bonds. The topological polar surface area (TPSA) is 40.5 Å². The Kier molecular flexibility index (Phi) is 5.41. The average Bonchev–Trinajstić information content (AvgIpc) is 2.39. The van der Waals surface area contributed by atoms with Crippen LogP contribution in [0.5, 0.6) is 0 Å². The van der Waals surface area contributed by atoms with E-state index in [1.165, 1.54) is 0 Å². The summed E-state index contributed by atoms with van der Waals surface area (Å²) in [6, 6.07) is 5.61. The molecule has 0 unspecified atom stereocenters. The molecule has 0 bridgehead atoms. The number of amides is 1. The second-order valence-electron chi connectivity index (χ2n) is 4.12. The highest BCUT2D eigenvalue weighted by molar-refractivity contribution is 5.95. The molecule has 0 saturated carbocycles. The lowest BCUT2D eigenvalue weighted by molar-refractivity contribution is 0.0801. The summed E-state index contributed by atoms with van der Waals surface area (Å²) in [5.74, 6) is 5.81. The number of aliphatic hydroxyl groups is 1. The molecule has 0 heterocycles. The van der Waals surface area contributed by atoms with Crippen molar-refractivity contribution in [1.82, 2.24) is 4.90 Å². The van der Waals surface area contributed by atoms with Gasteiger partial charge in [-0.2, -0.15) is 0 Å². The van der Waals surface area contributed by atoms with Gasteiger partial charge in [-0.1, -0.05) is 17.9 Å². The Labute approximate surface area is 108 Å². The van der Waals surface area contributed by atoms with Gasteiger partial charge in [0.05, 0.1) is 6.61 Å². The molecule has 1 rings (SSSR count). The quantitative estimate of drug-likeness (QED) is 0.825. The summed E-state index contributed by atoms with van der Waals surface area (Å²) in [6.07, 6.45) is 0.450. The van der Waals surface area contributed by atoms with Gasteiger partial charge in [-0.15, -0.1) is 0 Å². The molecule has 1 aromatic rings. The van der Waals surface area contributed by atoms with Gasteiger partial charge in [-0.25, -0.2) is 0 Å². The van der Waals surface area contributed by atoms with Crippen LogP contribution < -0.4 is 0 Å². The zero-order valence-corrected chi connectivity index (χ0v) is 11.2. The van der Waals surface area contributed by atoms with Crippen LogP contribution in [0.25, 0.3) is 0 Å². The Hall–Kier alpha value is -1.79. The summed E-state index contributed by atoms with van der Waals surface area (Å²) in [7, 11) is 1.78. The molecular weight excluding hydrogens is 226 g/mol. The number of aliphatic hydroxyl groups excluding tert-OH is 1. The molecule has 3 nitrogen and oxygen atoms in total. The van der Waals surface area contributed by atoms with Crippen LogP contribution in [0.15, 0.2) is 18.2 Å². The minimum Gasteiger partial charge on any atom is -0.395 e. The first-order valence-electron chi connectivity index (χ1n) is 6.06. The zero-order chi connectivity index (χ0) is 13.5. The van der Waals surface area contributed by atoms with Crippen molar-refractivity contribution < 1.29 is 9.90 Å². The first-order chi connectivity index (χ1) is 8.60. The minimum atomic E-state index is 0.0146. The summed E-state index contributed by atoms with van der Waals surface area (Å²) in [6.45, 7) is 4.60. The van der Waals surface area contributed by atoms with Crippen molar-refractivity contribution in [3.8, 4) is 11.8 Å². The molecule has 96 valence electrons. The summed E-state index contributed by atoms with van der Waals surface area (Å²) < 4.78 is 0. The molecule has 0 fully saturated rings. The van der Waals surface area contributed by atoms with Gasteiger partial charge in [-0.3, -0.25) is 4.79 Å². The number of carbonyl (C=O) groups is 1. The summed E-state index contributed by atoms with van der Waals surface area (Å²) >= 11 is 0. The van der Waals surface area contributed by atoms with Gasteiger partial charge in [0, 0.05) is 31.1 Å². The highest BCUT2D eigenvalue weighted by Crippen LogP contribution is 2.12. The maximum absolute atomic E-state index is 12.1. The molecule has 3 heteroatoms. The highest BCUT2D eigenvalue weighted by atomic mass is 16.2. The molecular formula is C15H19NO2. The number of aryl methyl sites for hydroxylation is 1. The zero-order valence-electron chi connectivity index (χ0n) is 11.2. The van der Waals surface area contributed by atoms with E-state index in [-0.39, 0.29) is 12.5 Å². The Bertz CT molecular complexity index is 483. The molecule has 0 aliphatic carbocycles. The van der Waals surface area contributed by atoms with Crippen LogP contribution in [0.3, 0.4) is 0 Å². The third kappa shape index (κ3) is 3.61. The van der Waals surface area contributed by atoms with E-state index in [1.54, 1.807) is 11.9 Å². The van der Waals surface area contributed by atoms with Crippen molar-refractivity contribution in [2.75, 3.05) is 20.2 Å². The van der Waals surface area contributed by atoms with E-state index in [9.17, 15) is 4.79 Å². The molecule has 0 aliphatic rings. The monoisotopic (exact) mass is 245 g/mol. The highest BCUT2D eigenvalue weighted by Gasteiger charge is 2.12. The Balaban J connectivity index is 3.02. The fourth-order valence-corrected chi connectivity index (χ4v) is 1.50. The van der Waals surface area contributed by atoms with E-state index in [2.05, 4.69) is 11.8 Å². The van der Waals surface area contributed by atoms with Crippen LogP contribution in [0, 0.1) is 18.8 Å². The summed E-state index contributed by atoms with van der Waals surface area (Å²) in [4.78, 5) is 13.8. The van der Waals surface area contributed by atoms with Crippen molar-refractivity contribution in [2.24, 2.45) is 0 Å². The SMILES string of the molecule is CCN(C)C(=O)c1cc(C#CCCO)ccc1C. The van der Waals surface area contributed by atoms with E-state index in [1.807, 2.05) is 32.0 Å². The van der Waals surface area contributed by atoms with E-state index >= 15 is 0 Å². The lowest BCUT2D eigenvalue weighted by Crippen LogP contribution is -2.26. The molecule has 0 aromatic heterocycles. The second kappa shape index (κ2) is 6.83. The van der Waals surface area contributed by atoms with Gasteiger partial charge in [0.25, 0.3) is 5.91 Å². The molecule has 1 aromatic carbocycles. The number of rotatable bonds is 3. The van der Waals surface area contributed by atoms with Gasteiger partial charge >= 0.3 is 0 Å². The van der Waals surface area contributed by atoms with Crippen molar-refractivity contribution in [1.29, 1.82) is 0 Å². The summed E-state index contributed by atoms with van der Waals surface area (Å²) in [5, 5.41) is 8.67. The molecule has 0 radical (unpaired) electrons. The van der Waals surface area contributed by atoms with Crippen molar-refractivity contribution >= 4 is 5.91 Å². The minimum absolute atomic E-state index is 0.0146. The summed E-state index contributed by atoms with van der Waals surface area (Å²) in [5.41, 5.74) is 2.45. The second-order valence-corrected chi connectivity index (χ2v) is 4.12. The van der Waals surface area contributed by atoms with E-state index < -0.39 is 0 Å². The fourth-order valence-electron chi connectivity index (χ4n) is 1.50. The maximum Gasteiger partial charge on any atom is 0.253 e. The average molecular weight is 245 g/mol. The molecule has 18 heavy (non-hydrogen) atoms. The Morgan fingerprint density at radius 1 is 1.44 bits per heavy atom. The first kappa shape index (κ1) is 14.3. The van der Waals surface area contributed by atoms with Gasteiger partial charge in [0.15, 0.2) is 0 Å². The Morgan fingerprint density at radius 3 is 2.78 bits per heavy atom. The first-order valence-corrected chi connectivity index (χ1v) is 6.06. The smallest absolute Gasteiger partial charge is 0.253 e. The van der Waals surface area contributed by atoms with Crippen molar-refractivity contribution in [3.05, 3.63) is 34.9 Å². The number of nitrogens with zero attached hydrogens (tertiary/aromatic N) is 1. The van der Waals surface area contributed by atoms with Crippen LogP contribution in [-0.4, -0.2) is 36.1 Å². The van der Waals surface area contributed by atoms with Crippen LogP contribution in [0.2, 0.25) is 0 Å². The standard InChI is InChI=1S/C15H19NO2/c1-4-16(3)15(18)14-11-13(7-5-6-10-17)9-8-12(14)2/h8-9,11,17H,4,6,10H2,1-3H3. The van der Waals surface area contributed by atoms with E-state index in [4.69, 9.17) is 5.11 Å². The molecule has 0 atom stereocenters. The molecule has 0 saturated heterocycles. The van der Waals surface area contributed by atoms with Gasteiger partial charge in [0.2, 0.25) is 0 Å². The number of hydrogen-bond donors (Lipinski definition) is 1. The normalized spacial score (nSPS) is 9.56. The fraction of sp³-hybridized carbons (Fsp3) is 0.400. The van der Waals surface area contributed by atoms with Crippen LogP contribution in [0.4, 0.5) is 0 Å². The third-order valence-corrected chi connectivity index (χ3v) is 2.76. The van der Waals surface area contributed by atoms with Gasteiger partial charge in [-0.05, 0) is 31.5 Å². The van der Waals surface area contributed by atoms with Crippen LogP contribution in [-0.2, 0) is 0 Å². The van der Waals surface area contributed by atoms with Crippen LogP contribution in [0.1, 0.15) is 34.8 Å². The Morgan fingerprint density at radius 2 is 2.17 bits per heavy atom. The van der Waals surface area contributed by atoms with Crippen molar-refractivity contribution in [2.45, 2.75) is 20.3 Å². The van der Waals surface area contributed by atoms with Gasteiger partial charge < -0.3 is 10.0 Å². The molecule has 0 aliphatic heterocycles. The lowest BCUT2D eigenvalue weighted by atomic mass is 10.0. The van der Waals surface area contributed by atoms with Gasteiger partial charge in [0.1, 0.15) is 0 Å². The number of carbonyl (C=O) groups excluding carboxylic acids is 1. The number of hydrogen-bond acceptors (Lipinski definition) is 2. The third-order valence-electron chi connectivity index (χ3n) is 2.76. The molecule has 0 spiro atoms. The van der Waals surface area contributed by atoms with Crippen LogP contribution >= 0.6 is 0 Å². The van der Waals surface area contributed by atoms with Crippen molar-refractivity contribution in [3.63, 3.8) is 0 Å². The predicted molar refractivity (Wildman–Crippen MR) is 72.4 cm³/mol. The lowest BCUT2D eigenvalue weighted by Gasteiger charge is -2.16. The molecule has 1 N–H and O–H groups in total. The van der Waals surface area contributed by atoms with E-state index in [0.29, 0.717) is 18.5 Å². The predicted octanol–water partition coefficient (Wildman–Crippen LogP) is 1.82. The van der Waals surface area contributed by atoms with E-state index in [0.717, 1.165) is 11.1 Å².